The minimum Gasteiger partial charge on any atom is -0.496 e. The number of carbonyl (C=O) groups is 6. The van der Waals surface area contributed by atoms with E-state index < -0.39 is 78.4 Å². The Kier molecular flexibility index (Phi) is 15.6. The Morgan fingerprint density at radius 3 is 2.25 bits per heavy atom. The number of aromatic nitrogens is 1. The maximum Gasteiger partial charge on any atom is 0.519 e. The Morgan fingerprint density at radius 1 is 0.938 bits per heavy atom. The third kappa shape index (κ3) is 13.4. The average molecular weight is 899 g/mol. The van der Waals surface area contributed by atoms with Gasteiger partial charge in [0.1, 0.15) is 28.9 Å². The minimum absolute atomic E-state index is 0.00632. The molecule has 5 rings (SSSR count). The van der Waals surface area contributed by atoms with E-state index in [1.54, 1.807) is 34.6 Å². The molecule has 1 aliphatic carbocycles. The molecule has 1 saturated carbocycles. The van der Waals surface area contributed by atoms with Crippen molar-refractivity contribution in [3.8, 4) is 16.9 Å². The first-order valence-corrected chi connectivity index (χ1v) is 20.3. The molecule has 2 aromatic heterocycles. The molecule has 0 spiro atoms. The number of anilines is 1. The highest BCUT2D eigenvalue weighted by Gasteiger charge is 2.30. The zero-order valence-electron chi connectivity index (χ0n) is 36.8. The van der Waals surface area contributed by atoms with Gasteiger partial charge >= 0.3 is 29.9 Å². The van der Waals surface area contributed by atoms with E-state index in [2.05, 4.69) is 32.8 Å². The lowest BCUT2D eigenvalue weighted by molar-refractivity contribution is -0.156. The number of aryl methyl sites for hydroxylation is 1. The quantitative estimate of drug-likeness (QED) is 0.0263. The van der Waals surface area contributed by atoms with Gasteiger partial charge in [-0.05, 0) is 101 Å². The van der Waals surface area contributed by atoms with Crippen LogP contribution in [-0.2, 0) is 30.3 Å². The van der Waals surface area contributed by atoms with Crippen LogP contribution in [0.5, 0.6) is 5.75 Å². The van der Waals surface area contributed by atoms with Crippen molar-refractivity contribution in [3.63, 3.8) is 0 Å². The second kappa shape index (κ2) is 21.1. The van der Waals surface area contributed by atoms with Crippen LogP contribution in [-0.4, -0.2) is 78.8 Å². The molecule has 4 aromatic rings. The topological polar surface area (TPSA) is 277 Å². The second-order valence-corrected chi connectivity index (χ2v) is 16.0. The Balaban J connectivity index is 1.38. The molecule has 0 unspecified atom stereocenters. The number of esters is 2. The molecule has 0 bridgehead atoms. The van der Waals surface area contributed by atoms with Crippen LogP contribution >= 0.6 is 0 Å². The monoisotopic (exact) mass is 898 g/mol. The van der Waals surface area contributed by atoms with Crippen molar-refractivity contribution in [2.24, 2.45) is 11.8 Å². The summed E-state index contributed by atoms with van der Waals surface area (Å²) >= 11 is 0. The van der Waals surface area contributed by atoms with E-state index in [-0.39, 0.29) is 56.7 Å². The van der Waals surface area contributed by atoms with Crippen LogP contribution in [0, 0.1) is 24.2 Å². The molecular weight excluding hydrogens is 849 g/mol. The molecule has 0 radical (unpaired) electrons. The summed E-state index contributed by atoms with van der Waals surface area (Å²) in [6.07, 6.45) is 1.55. The van der Waals surface area contributed by atoms with Gasteiger partial charge in [-0.1, -0.05) is 26.5 Å². The first-order chi connectivity index (χ1) is 30.8. The summed E-state index contributed by atoms with van der Waals surface area (Å²) < 4.78 is 36.0. The fourth-order valence-electron chi connectivity index (χ4n) is 5.95. The van der Waals surface area contributed by atoms with Crippen LogP contribution < -0.4 is 31.8 Å². The number of hydrogen-bond acceptors (Lipinski definition) is 16. The SMILES string of the molecule is C=Cc1cc(C(=O)Nc2ccc(C(=N)NC(=O)OCc3oc(=O)oc3C)cc2)c(-c2ccc(C(=O)NCC3CC3)nc2C(=O)OCOC(=O)[C@@H](NC(=O)OC(C)(C)C)C(C)C)cc1OC. The number of hydrogen-bond donors (Lipinski definition) is 5. The molecule has 1 aliphatic rings. The molecule has 65 heavy (non-hydrogen) atoms. The maximum absolute atomic E-state index is 14.2. The smallest absolute Gasteiger partial charge is 0.496 e. The molecule has 20 heteroatoms. The highest BCUT2D eigenvalue weighted by Crippen LogP contribution is 2.35. The lowest BCUT2D eigenvalue weighted by Gasteiger charge is -2.24. The minimum atomic E-state index is -1.16. The standard InChI is InChI=1S/C45H50N6O14/c1-9-26-18-31(38(52)48-28-14-12-27(13-15-28)37(46)51-42(56)60-21-34-24(4)63-44(58)64-34)30(19-33(26)59-8)29-16-17-32(39(53)47-20-25-10-11-25)49-36(29)41(55)62-22-61-40(54)35(23(2)3)50-43(57)65-45(5,6)7/h9,12-19,23,25,35H,1,10-11,20-22H2,2-8H3,(H,47,53)(H,48,52)(H,50,57)(H2,46,51,56)/t35-/m0/s1. The number of carbonyl (C=O) groups excluding carboxylic acids is 6. The summed E-state index contributed by atoms with van der Waals surface area (Å²) in [7, 11) is 1.40. The number of ether oxygens (including phenoxy) is 5. The average Bonchev–Trinajstić information content (AvgIpc) is 4.03. The summed E-state index contributed by atoms with van der Waals surface area (Å²) in [6.45, 7) is 12.7. The molecule has 2 heterocycles. The van der Waals surface area contributed by atoms with Gasteiger partial charge in [-0.2, -0.15) is 0 Å². The van der Waals surface area contributed by atoms with Crippen molar-refractivity contribution in [1.29, 1.82) is 5.41 Å². The van der Waals surface area contributed by atoms with Gasteiger partial charge in [0, 0.05) is 40.0 Å². The number of alkyl carbamates (subject to hydrolysis) is 2. The van der Waals surface area contributed by atoms with Gasteiger partial charge in [-0.3, -0.25) is 20.3 Å². The van der Waals surface area contributed by atoms with E-state index in [0.717, 1.165) is 12.8 Å². The highest BCUT2D eigenvalue weighted by molar-refractivity contribution is 6.11. The van der Waals surface area contributed by atoms with Crippen molar-refractivity contribution in [2.45, 2.75) is 72.6 Å². The predicted octanol–water partition coefficient (Wildman–Crippen LogP) is 6.11. The number of pyridine rings is 1. The highest BCUT2D eigenvalue weighted by atomic mass is 16.7. The van der Waals surface area contributed by atoms with Crippen LogP contribution in [0.2, 0.25) is 0 Å². The summed E-state index contributed by atoms with van der Waals surface area (Å²) in [5.74, 6) is -4.24. The molecular formula is C45H50N6O14. The van der Waals surface area contributed by atoms with Gasteiger partial charge in [0.05, 0.1) is 7.11 Å². The molecule has 0 aliphatic heterocycles. The van der Waals surface area contributed by atoms with Crippen LogP contribution in [0.4, 0.5) is 15.3 Å². The Labute approximate surface area is 372 Å². The lowest BCUT2D eigenvalue weighted by atomic mass is 9.94. The fraction of sp³-hybridized carbons (Fsp3) is 0.356. The van der Waals surface area contributed by atoms with Gasteiger partial charge in [0.15, 0.2) is 23.8 Å². The number of methoxy groups -OCH3 is 1. The summed E-state index contributed by atoms with van der Waals surface area (Å²) in [5.41, 5.74) is -0.285. The van der Waals surface area contributed by atoms with Gasteiger partial charge in [-0.25, -0.2) is 29.0 Å². The Morgan fingerprint density at radius 2 is 1.65 bits per heavy atom. The number of nitrogens with one attached hydrogen (secondary N) is 5. The van der Waals surface area contributed by atoms with Crippen LogP contribution in [0.25, 0.3) is 17.2 Å². The van der Waals surface area contributed by atoms with Crippen LogP contribution in [0.15, 0.2) is 68.7 Å². The zero-order chi connectivity index (χ0) is 47.6. The van der Waals surface area contributed by atoms with Crippen molar-refractivity contribution >= 4 is 53.5 Å². The van der Waals surface area contributed by atoms with Gasteiger partial charge in [0.2, 0.25) is 6.79 Å². The molecule has 344 valence electrons. The van der Waals surface area contributed by atoms with E-state index in [1.165, 1.54) is 68.6 Å². The maximum atomic E-state index is 14.2. The molecule has 1 fully saturated rings. The van der Waals surface area contributed by atoms with Crippen LogP contribution in [0.1, 0.15) is 101 Å². The van der Waals surface area contributed by atoms with E-state index in [4.69, 9.17) is 37.9 Å². The summed E-state index contributed by atoms with van der Waals surface area (Å²) in [5, 5.41) is 18.6. The lowest BCUT2D eigenvalue weighted by Crippen LogP contribution is -2.47. The van der Waals surface area contributed by atoms with Crippen LogP contribution in [0.3, 0.4) is 0 Å². The predicted molar refractivity (Wildman–Crippen MR) is 232 cm³/mol. The number of benzene rings is 2. The van der Waals surface area contributed by atoms with Gasteiger partial charge in [-0.15, -0.1) is 0 Å². The Hall–Kier alpha value is -7.77. The van der Waals surface area contributed by atoms with E-state index in [9.17, 15) is 33.6 Å². The largest absolute Gasteiger partial charge is 0.519 e. The summed E-state index contributed by atoms with van der Waals surface area (Å²) in [6, 6.07) is 10.5. The van der Waals surface area contributed by atoms with Crippen molar-refractivity contribution in [2.75, 3.05) is 25.8 Å². The van der Waals surface area contributed by atoms with Gasteiger partial charge in [0.25, 0.3) is 11.8 Å². The molecule has 20 nitrogen and oxygen atoms in total. The molecule has 5 N–H and O–H groups in total. The van der Waals surface area contributed by atoms with Gasteiger partial charge < -0.3 is 48.5 Å². The Bertz CT molecular complexity index is 2530. The first-order valence-electron chi connectivity index (χ1n) is 20.3. The molecule has 0 saturated heterocycles. The molecule has 4 amide bonds. The number of amides is 4. The zero-order valence-corrected chi connectivity index (χ0v) is 36.8. The van der Waals surface area contributed by atoms with Crippen molar-refractivity contribution in [1.82, 2.24) is 20.9 Å². The fourth-order valence-corrected chi connectivity index (χ4v) is 5.95. The summed E-state index contributed by atoms with van der Waals surface area (Å²) in [4.78, 5) is 94.7. The van der Waals surface area contributed by atoms with Crippen molar-refractivity contribution in [3.05, 3.63) is 105 Å². The normalized spacial score (nSPS) is 12.6. The number of nitrogens with zero attached hydrogens (tertiary/aromatic N) is 1. The van der Waals surface area contributed by atoms with Crippen molar-refractivity contribution < 1.29 is 61.3 Å². The first kappa shape index (κ1) is 48.3. The third-order valence-corrected chi connectivity index (χ3v) is 9.51. The molecule has 1 atom stereocenters. The second-order valence-electron chi connectivity index (χ2n) is 16.0. The van der Waals surface area contributed by atoms with E-state index in [0.29, 0.717) is 18.0 Å². The number of rotatable bonds is 17. The number of amidine groups is 1. The third-order valence-electron chi connectivity index (χ3n) is 9.51. The van der Waals surface area contributed by atoms with E-state index >= 15 is 0 Å². The van der Waals surface area contributed by atoms with E-state index in [1.807, 2.05) is 0 Å². The molecule has 2 aromatic carbocycles.